The van der Waals surface area contributed by atoms with E-state index in [-0.39, 0.29) is 24.0 Å². The van der Waals surface area contributed by atoms with Crippen molar-refractivity contribution in [2.45, 2.75) is 52.2 Å². The topological polar surface area (TPSA) is 61.4 Å². The van der Waals surface area contributed by atoms with Crippen molar-refractivity contribution in [3.8, 4) is 0 Å². The van der Waals surface area contributed by atoms with Crippen LogP contribution < -0.4 is 10.6 Å². The van der Waals surface area contributed by atoms with E-state index >= 15 is 0 Å². The molecule has 1 fully saturated rings. The molecule has 0 saturated carbocycles. The fraction of sp³-hybridized carbons (Fsp3) is 0.556. The molecule has 4 atom stereocenters. The molecule has 1 aromatic carbocycles. The minimum Gasteiger partial charge on any atom is -0.352 e. The molecule has 23 heavy (non-hydrogen) atoms. The summed E-state index contributed by atoms with van der Waals surface area (Å²) in [7, 11) is 0. The van der Waals surface area contributed by atoms with Crippen molar-refractivity contribution in [3.63, 3.8) is 0 Å². The number of hydrogen-bond donors (Lipinski definition) is 2. The van der Waals surface area contributed by atoms with E-state index in [9.17, 15) is 9.59 Å². The summed E-state index contributed by atoms with van der Waals surface area (Å²) in [6, 6.07) is 9.51. The van der Waals surface area contributed by atoms with E-state index in [0.29, 0.717) is 12.5 Å². The Labute approximate surface area is 138 Å². The quantitative estimate of drug-likeness (QED) is 0.877. The normalized spacial score (nSPS) is 22.7. The van der Waals surface area contributed by atoms with E-state index < -0.39 is 6.04 Å². The summed E-state index contributed by atoms with van der Waals surface area (Å²) < 4.78 is 0. The highest BCUT2D eigenvalue weighted by Gasteiger charge is 2.40. The van der Waals surface area contributed by atoms with Crippen LogP contribution in [0.4, 0.5) is 4.79 Å². The van der Waals surface area contributed by atoms with Crippen LogP contribution in [0.2, 0.25) is 0 Å². The summed E-state index contributed by atoms with van der Waals surface area (Å²) in [6.45, 7) is 8.54. The number of nitrogens with one attached hydrogen (secondary N) is 2. The number of rotatable bonds is 5. The number of nitrogens with zero attached hydrogens (tertiary/aromatic N) is 1. The predicted octanol–water partition coefficient (Wildman–Crippen LogP) is 2.69. The molecular weight excluding hydrogens is 290 g/mol. The van der Waals surface area contributed by atoms with E-state index in [1.807, 2.05) is 44.2 Å². The first-order valence-electron chi connectivity index (χ1n) is 8.36. The first-order chi connectivity index (χ1) is 10.9. The molecule has 1 aromatic rings. The summed E-state index contributed by atoms with van der Waals surface area (Å²) in [5, 5.41) is 5.70. The molecule has 1 saturated heterocycles. The van der Waals surface area contributed by atoms with E-state index in [1.165, 1.54) is 0 Å². The van der Waals surface area contributed by atoms with Crippen molar-refractivity contribution >= 4 is 11.9 Å². The molecule has 0 bridgehead atoms. The van der Waals surface area contributed by atoms with Gasteiger partial charge in [-0.15, -0.1) is 0 Å². The molecular formula is C18H27N3O2. The van der Waals surface area contributed by atoms with Crippen LogP contribution in [-0.2, 0) is 4.79 Å². The molecule has 4 unspecified atom stereocenters. The summed E-state index contributed by atoms with van der Waals surface area (Å²) in [4.78, 5) is 26.3. The molecule has 5 nitrogen and oxygen atoms in total. The monoisotopic (exact) mass is 317 g/mol. The van der Waals surface area contributed by atoms with E-state index in [0.717, 1.165) is 12.0 Å². The van der Waals surface area contributed by atoms with E-state index in [2.05, 4.69) is 17.6 Å². The molecule has 0 aromatic heterocycles. The Kier molecular flexibility index (Phi) is 5.64. The first kappa shape index (κ1) is 17.3. The Hall–Kier alpha value is -2.04. The second-order valence-electron chi connectivity index (χ2n) is 6.47. The Bertz CT molecular complexity index is 546. The summed E-state index contributed by atoms with van der Waals surface area (Å²) in [5.74, 6) is 0.282. The van der Waals surface area contributed by atoms with Crippen molar-refractivity contribution in [1.82, 2.24) is 15.5 Å². The van der Waals surface area contributed by atoms with Crippen LogP contribution >= 0.6 is 0 Å². The molecule has 126 valence electrons. The third-order valence-electron chi connectivity index (χ3n) is 4.50. The first-order valence-corrected chi connectivity index (χ1v) is 8.36. The van der Waals surface area contributed by atoms with Gasteiger partial charge in [-0.25, -0.2) is 4.79 Å². The molecule has 2 N–H and O–H groups in total. The molecule has 1 aliphatic rings. The van der Waals surface area contributed by atoms with Gasteiger partial charge in [-0.2, -0.15) is 0 Å². The van der Waals surface area contributed by atoms with Crippen molar-refractivity contribution in [1.29, 1.82) is 0 Å². The Morgan fingerprint density at radius 3 is 2.43 bits per heavy atom. The summed E-state index contributed by atoms with van der Waals surface area (Å²) >= 11 is 0. The third kappa shape index (κ3) is 4.03. The fourth-order valence-electron chi connectivity index (χ4n) is 2.86. The lowest BCUT2D eigenvalue weighted by Gasteiger charge is -2.47. The number of carbonyl (C=O) groups excluding carboxylic acids is 2. The standard InChI is InChI=1S/C18H27N3O2/c1-5-13(3)19-17(22)14(4)20-18(23)21-11-12(2)16(21)15-9-7-6-8-10-15/h6-10,12-14,16H,5,11H2,1-4H3,(H,19,22)(H,20,23). The van der Waals surface area contributed by atoms with Gasteiger partial charge < -0.3 is 15.5 Å². The fourth-order valence-corrected chi connectivity index (χ4v) is 2.86. The van der Waals surface area contributed by atoms with Gasteiger partial charge >= 0.3 is 6.03 Å². The smallest absolute Gasteiger partial charge is 0.318 e. The maximum Gasteiger partial charge on any atom is 0.318 e. The summed E-state index contributed by atoms with van der Waals surface area (Å²) in [5.41, 5.74) is 1.14. The van der Waals surface area contributed by atoms with Gasteiger partial charge in [-0.3, -0.25) is 4.79 Å². The predicted molar refractivity (Wildman–Crippen MR) is 90.9 cm³/mol. The SMILES string of the molecule is CCC(C)NC(=O)C(C)NC(=O)N1CC(C)C1c1ccccc1. The van der Waals surface area contributed by atoms with E-state index in [1.54, 1.807) is 11.8 Å². The highest BCUT2D eigenvalue weighted by atomic mass is 16.2. The molecule has 0 aliphatic carbocycles. The zero-order valence-corrected chi connectivity index (χ0v) is 14.4. The van der Waals surface area contributed by atoms with Gasteiger partial charge in [0.1, 0.15) is 6.04 Å². The van der Waals surface area contributed by atoms with Crippen LogP contribution in [0.15, 0.2) is 30.3 Å². The minimum absolute atomic E-state index is 0.0843. The molecule has 0 radical (unpaired) electrons. The summed E-state index contributed by atoms with van der Waals surface area (Å²) in [6.07, 6.45) is 0.867. The van der Waals surface area contributed by atoms with Crippen LogP contribution in [-0.4, -0.2) is 35.5 Å². The third-order valence-corrected chi connectivity index (χ3v) is 4.50. The molecule has 1 heterocycles. The van der Waals surface area contributed by atoms with Crippen LogP contribution in [0.3, 0.4) is 0 Å². The van der Waals surface area contributed by atoms with Gasteiger partial charge in [0.15, 0.2) is 0 Å². The van der Waals surface area contributed by atoms with Gasteiger partial charge in [0.05, 0.1) is 6.04 Å². The van der Waals surface area contributed by atoms with Crippen LogP contribution in [0.25, 0.3) is 0 Å². The van der Waals surface area contributed by atoms with Crippen LogP contribution in [0.5, 0.6) is 0 Å². The molecule has 5 heteroatoms. The van der Waals surface area contributed by atoms with Gasteiger partial charge in [0.2, 0.25) is 5.91 Å². The number of likely N-dealkylation sites (tertiary alicyclic amines) is 1. The van der Waals surface area contributed by atoms with Crippen molar-refractivity contribution < 1.29 is 9.59 Å². The second kappa shape index (κ2) is 7.49. The lowest BCUT2D eigenvalue weighted by Crippen LogP contribution is -2.58. The number of hydrogen-bond acceptors (Lipinski definition) is 2. The minimum atomic E-state index is -0.538. The lowest BCUT2D eigenvalue weighted by atomic mass is 9.85. The number of benzene rings is 1. The van der Waals surface area contributed by atoms with Crippen molar-refractivity contribution in [2.75, 3.05) is 6.54 Å². The zero-order chi connectivity index (χ0) is 17.0. The lowest BCUT2D eigenvalue weighted by molar-refractivity contribution is -0.123. The second-order valence-corrected chi connectivity index (χ2v) is 6.47. The molecule has 3 amide bonds. The number of carbonyl (C=O) groups is 2. The van der Waals surface area contributed by atoms with Gasteiger partial charge in [0, 0.05) is 12.6 Å². The molecule has 1 aliphatic heterocycles. The number of amides is 3. The largest absolute Gasteiger partial charge is 0.352 e. The van der Waals surface area contributed by atoms with Gasteiger partial charge in [-0.05, 0) is 31.7 Å². The average molecular weight is 317 g/mol. The maximum absolute atomic E-state index is 12.5. The van der Waals surface area contributed by atoms with E-state index in [4.69, 9.17) is 0 Å². The Balaban J connectivity index is 1.94. The van der Waals surface area contributed by atoms with Crippen molar-refractivity contribution in [3.05, 3.63) is 35.9 Å². The van der Waals surface area contributed by atoms with Crippen molar-refractivity contribution in [2.24, 2.45) is 5.92 Å². The van der Waals surface area contributed by atoms with Crippen LogP contribution in [0.1, 0.15) is 45.7 Å². The van der Waals surface area contributed by atoms with Crippen LogP contribution in [0, 0.1) is 5.92 Å². The Morgan fingerprint density at radius 2 is 1.87 bits per heavy atom. The maximum atomic E-state index is 12.5. The molecule has 0 spiro atoms. The highest BCUT2D eigenvalue weighted by molar-refractivity contribution is 5.87. The number of urea groups is 1. The highest BCUT2D eigenvalue weighted by Crippen LogP contribution is 2.38. The van der Waals surface area contributed by atoms with Gasteiger partial charge in [-0.1, -0.05) is 44.2 Å². The zero-order valence-electron chi connectivity index (χ0n) is 14.4. The van der Waals surface area contributed by atoms with Gasteiger partial charge in [0.25, 0.3) is 0 Å². The Morgan fingerprint density at radius 1 is 1.22 bits per heavy atom. The average Bonchev–Trinajstić information content (AvgIpc) is 2.52. The molecule has 2 rings (SSSR count).